The highest BCUT2D eigenvalue weighted by Crippen LogP contribution is 2.30. The number of imidazole rings is 1. The molecule has 1 aromatic carbocycles. The first-order valence-corrected chi connectivity index (χ1v) is 5.09. The van der Waals surface area contributed by atoms with Gasteiger partial charge < -0.3 is 4.98 Å². The summed E-state index contributed by atoms with van der Waals surface area (Å²) in [6.45, 7) is 0. The van der Waals surface area contributed by atoms with E-state index in [4.69, 9.17) is 11.6 Å². The van der Waals surface area contributed by atoms with Crippen LogP contribution in [0, 0.1) is 0 Å². The first kappa shape index (κ1) is 7.95. The predicted octanol–water partition coefficient (Wildman–Crippen LogP) is 2.94. The van der Waals surface area contributed by atoms with Gasteiger partial charge >= 0.3 is 0 Å². The average Bonchev–Trinajstić information content (AvgIpc) is 2.53. The number of nitrogens with zero attached hydrogens (tertiary/aromatic N) is 1. The van der Waals surface area contributed by atoms with E-state index in [0.717, 1.165) is 21.0 Å². The minimum Gasteiger partial charge on any atom is -0.345 e. The molecule has 0 spiro atoms. The molecule has 2 nitrogen and oxygen atoms in total. The summed E-state index contributed by atoms with van der Waals surface area (Å²) in [5, 5.41) is 0.737. The maximum absolute atomic E-state index is 6.08. The molecule has 0 bridgehead atoms. The van der Waals surface area contributed by atoms with Gasteiger partial charge in [0.15, 0.2) is 0 Å². The van der Waals surface area contributed by atoms with Gasteiger partial charge in [-0.15, -0.1) is 11.8 Å². The van der Waals surface area contributed by atoms with Crippen LogP contribution in [-0.4, -0.2) is 16.2 Å². The van der Waals surface area contributed by atoms with Gasteiger partial charge in [-0.25, -0.2) is 4.98 Å². The molecule has 0 aliphatic heterocycles. The lowest BCUT2D eigenvalue weighted by Gasteiger charge is -1.99. The third kappa shape index (κ3) is 1.09. The lowest BCUT2D eigenvalue weighted by molar-refractivity contribution is 1.34. The van der Waals surface area contributed by atoms with Crippen molar-refractivity contribution in [2.24, 2.45) is 0 Å². The van der Waals surface area contributed by atoms with E-state index in [1.165, 1.54) is 0 Å². The van der Waals surface area contributed by atoms with Crippen molar-refractivity contribution in [1.82, 2.24) is 9.97 Å². The molecule has 2 aromatic rings. The van der Waals surface area contributed by atoms with Gasteiger partial charge in [0.2, 0.25) is 0 Å². The van der Waals surface area contributed by atoms with Crippen molar-refractivity contribution in [2.75, 3.05) is 6.26 Å². The summed E-state index contributed by atoms with van der Waals surface area (Å²) in [6.07, 6.45) is 3.65. The fourth-order valence-corrected chi connectivity index (χ4v) is 2.04. The number of halogens is 1. The normalized spacial score (nSPS) is 10.8. The summed E-state index contributed by atoms with van der Waals surface area (Å²) in [5.74, 6) is 0. The number of aromatic nitrogens is 2. The summed E-state index contributed by atoms with van der Waals surface area (Å²) in [6, 6.07) is 3.98. The first-order valence-electron chi connectivity index (χ1n) is 3.48. The number of benzene rings is 1. The Balaban J connectivity index is 2.78. The van der Waals surface area contributed by atoms with Crippen molar-refractivity contribution in [1.29, 1.82) is 0 Å². The molecule has 0 amide bonds. The molecule has 0 fully saturated rings. The molecular formula is C8H7ClN2S. The van der Waals surface area contributed by atoms with Crippen molar-refractivity contribution >= 4 is 34.4 Å². The zero-order valence-electron chi connectivity index (χ0n) is 6.47. The van der Waals surface area contributed by atoms with Gasteiger partial charge in [0.1, 0.15) is 5.52 Å². The van der Waals surface area contributed by atoms with Crippen LogP contribution in [0.4, 0.5) is 0 Å². The molecule has 0 unspecified atom stereocenters. The summed E-state index contributed by atoms with van der Waals surface area (Å²) < 4.78 is 0. The zero-order chi connectivity index (χ0) is 8.55. The summed E-state index contributed by atoms with van der Waals surface area (Å²) in [5.41, 5.74) is 1.83. The largest absolute Gasteiger partial charge is 0.345 e. The lowest BCUT2D eigenvalue weighted by Crippen LogP contribution is -1.76. The number of hydrogen-bond donors (Lipinski definition) is 1. The van der Waals surface area contributed by atoms with Crippen molar-refractivity contribution in [3.8, 4) is 0 Å². The zero-order valence-corrected chi connectivity index (χ0v) is 8.04. The fourth-order valence-electron chi connectivity index (χ4n) is 1.11. The molecule has 0 atom stereocenters. The molecule has 1 N–H and O–H groups in total. The van der Waals surface area contributed by atoms with Crippen LogP contribution < -0.4 is 0 Å². The smallest absolute Gasteiger partial charge is 0.108 e. The quantitative estimate of drug-likeness (QED) is 0.714. The standard InChI is InChI=1S/C8H7ClN2S/c1-12-6-3-2-5-8(7(6)9)11-4-10-5/h2-4H,1H3,(H,10,11). The Kier molecular flexibility index (Phi) is 1.98. The van der Waals surface area contributed by atoms with Crippen LogP contribution in [-0.2, 0) is 0 Å². The van der Waals surface area contributed by atoms with Crippen LogP contribution >= 0.6 is 23.4 Å². The van der Waals surface area contributed by atoms with E-state index in [9.17, 15) is 0 Å². The van der Waals surface area contributed by atoms with Gasteiger partial charge in [0, 0.05) is 4.90 Å². The molecule has 62 valence electrons. The van der Waals surface area contributed by atoms with Crippen LogP contribution in [0.3, 0.4) is 0 Å². The Morgan fingerprint density at radius 2 is 2.33 bits per heavy atom. The molecule has 12 heavy (non-hydrogen) atoms. The average molecular weight is 199 g/mol. The van der Waals surface area contributed by atoms with Crippen molar-refractivity contribution in [3.63, 3.8) is 0 Å². The summed E-state index contributed by atoms with van der Waals surface area (Å²) >= 11 is 7.71. The fraction of sp³-hybridized carbons (Fsp3) is 0.125. The van der Waals surface area contributed by atoms with Crippen LogP contribution in [0.15, 0.2) is 23.4 Å². The predicted molar refractivity (Wildman–Crippen MR) is 52.9 cm³/mol. The number of nitrogens with one attached hydrogen (secondary N) is 1. The van der Waals surface area contributed by atoms with Crippen molar-refractivity contribution < 1.29 is 0 Å². The van der Waals surface area contributed by atoms with Crippen LogP contribution in [0.2, 0.25) is 5.02 Å². The van der Waals surface area contributed by atoms with Gasteiger partial charge in [-0.1, -0.05) is 11.6 Å². The Morgan fingerprint density at radius 1 is 1.50 bits per heavy atom. The molecular weight excluding hydrogens is 192 g/mol. The highest BCUT2D eigenvalue weighted by Gasteiger charge is 2.05. The molecule has 1 heterocycles. The van der Waals surface area contributed by atoms with Gasteiger partial charge in [-0.3, -0.25) is 0 Å². The number of aromatic amines is 1. The highest BCUT2D eigenvalue weighted by atomic mass is 35.5. The monoisotopic (exact) mass is 198 g/mol. The number of rotatable bonds is 1. The van der Waals surface area contributed by atoms with Gasteiger partial charge in [0.05, 0.1) is 16.9 Å². The topological polar surface area (TPSA) is 28.7 Å². The first-order chi connectivity index (χ1) is 5.83. The third-order valence-corrected chi connectivity index (χ3v) is 2.99. The van der Waals surface area contributed by atoms with Gasteiger partial charge in [-0.2, -0.15) is 0 Å². The molecule has 0 radical (unpaired) electrons. The second-order valence-corrected chi connectivity index (χ2v) is 3.61. The minimum atomic E-state index is 0.737. The lowest BCUT2D eigenvalue weighted by atomic mass is 10.3. The van der Waals surface area contributed by atoms with E-state index in [1.807, 2.05) is 18.4 Å². The summed E-state index contributed by atoms with van der Waals surface area (Å²) in [4.78, 5) is 8.20. The van der Waals surface area contributed by atoms with E-state index in [2.05, 4.69) is 9.97 Å². The number of fused-ring (bicyclic) bond motifs is 1. The van der Waals surface area contributed by atoms with Crippen LogP contribution in [0.5, 0.6) is 0 Å². The maximum atomic E-state index is 6.08. The molecule has 0 saturated carbocycles. The van der Waals surface area contributed by atoms with Crippen LogP contribution in [0.1, 0.15) is 0 Å². The minimum absolute atomic E-state index is 0.737. The van der Waals surface area contributed by atoms with E-state index in [-0.39, 0.29) is 0 Å². The van der Waals surface area contributed by atoms with Crippen molar-refractivity contribution in [2.45, 2.75) is 4.90 Å². The molecule has 2 rings (SSSR count). The third-order valence-electron chi connectivity index (χ3n) is 1.71. The van der Waals surface area contributed by atoms with Crippen LogP contribution in [0.25, 0.3) is 11.0 Å². The van der Waals surface area contributed by atoms with E-state index in [1.54, 1.807) is 18.1 Å². The van der Waals surface area contributed by atoms with Gasteiger partial charge in [0.25, 0.3) is 0 Å². The Labute approximate surface area is 79.3 Å². The number of H-pyrrole nitrogens is 1. The SMILES string of the molecule is CSc1ccc2[nH]cnc2c1Cl. The summed E-state index contributed by atoms with van der Waals surface area (Å²) in [7, 11) is 0. The molecule has 1 aromatic heterocycles. The van der Waals surface area contributed by atoms with Crippen molar-refractivity contribution in [3.05, 3.63) is 23.5 Å². The van der Waals surface area contributed by atoms with E-state index in [0.29, 0.717) is 0 Å². The second kappa shape index (κ2) is 2.99. The number of hydrogen-bond acceptors (Lipinski definition) is 2. The highest BCUT2D eigenvalue weighted by molar-refractivity contribution is 7.98. The molecule has 0 saturated heterocycles. The van der Waals surface area contributed by atoms with E-state index >= 15 is 0 Å². The Hall–Kier alpha value is -0.670. The maximum Gasteiger partial charge on any atom is 0.108 e. The van der Waals surface area contributed by atoms with E-state index < -0.39 is 0 Å². The number of thioether (sulfide) groups is 1. The van der Waals surface area contributed by atoms with Gasteiger partial charge in [-0.05, 0) is 18.4 Å². The molecule has 0 aliphatic carbocycles. The molecule has 0 aliphatic rings. The second-order valence-electron chi connectivity index (χ2n) is 2.38. The molecule has 4 heteroatoms. The Morgan fingerprint density at radius 3 is 3.08 bits per heavy atom. The Bertz CT molecular complexity index is 410.